The van der Waals surface area contributed by atoms with E-state index in [1.54, 1.807) is 4.90 Å². The number of amides is 1. The molecule has 4 nitrogen and oxygen atoms in total. The van der Waals surface area contributed by atoms with Crippen LogP contribution in [0.15, 0.2) is 0 Å². The van der Waals surface area contributed by atoms with E-state index >= 15 is 0 Å². The topological polar surface area (TPSA) is 41.6 Å². The summed E-state index contributed by atoms with van der Waals surface area (Å²) in [6, 6.07) is 0. The maximum atomic E-state index is 12.0. The predicted octanol–water partition coefficient (Wildman–Crippen LogP) is 0.337. The van der Waals surface area contributed by atoms with E-state index in [1.165, 1.54) is 0 Å². The molecule has 1 heterocycles. The summed E-state index contributed by atoms with van der Waals surface area (Å²) in [6.07, 6.45) is 0. The third kappa shape index (κ3) is 3.47. The molecule has 0 radical (unpaired) electrons. The fourth-order valence-electron chi connectivity index (χ4n) is 1.88. The molecule has 2 atom stereocenters. The molecular formula is C11H22N2O2. The quantitative estimate of drug-likeness (QED) is 0.671. The highest BCUT2D eigenvalue weighted by molar-refractivity contribution is 5.79. The van der Waals surface area contributed by atoms with Gasteiger partial charge in [-0.25, -0.2) is 0 Å². The Labute approximate surface area is 92.0 Å². The van der Waals surface area contributed by atoms with Gasteiger partial charge in [0.05, 0.1) is 12.5 Å². The van der Waals surface area contributed by atoms with Crippen molar-refractivity contribution in [2.75, 3.05) is 39.9 Å². The van der Waals surface area contributed by atoms with E-state index in [-0.39, 0.29) is 11.8 Å². The second-order valence-corrected chi connectivity index (χ2v) is 4.20. The van der Waals surface area contributed by atoms with Crippen LogP contribution in [-0.4, -0.2) is 50.7 Å². The highest BCUT2D eigenvalue weighted by Crippen LogP contribution is 2.17. The van der Waals surface area contributed by atoms with Crippen molar-refractivity contribution < 1.29 is 9.53 Å². The minimum atomic E-state index is 0.150. The van der Waals surface area contributed by atoms with Crippen LogP contribution in [0.5, 0.6) is 0 Å². The van der Waals surface area contributed by atoms with Crippen LogP contribution in [0.4, 0.5) is 0 Å². The Bertz CT molecular complexity index is 209. The number of likely N-dealkylation sites (N-methyl/N-ethyl adjacent to an activating group) is 1. The number of nitrogens with zero attached hydrogens (tertiary/aromatic N) is 1. The normalized spacial score (nSPS) is 25.5. The number of carbonyl (C=O) groups excluding carboxylic acids is 1. The maximum absolute atomic E-state index is 12.0. The van der Waals surface area contributed by atoms with Gasteiger partial charge in [0.2, 0.25) is 5.91 Å². The van der Waals surface area contributed by atoms with Gasteiger partial charge in [-0.05, 0) is 19.4 Å². The number of rotatable bonds is 5. The van der Waals surface area contributed by atoms with E-state index in [4.69, 9.17) is 4.74 Å². The smallest absolute Gasteiger partial charge is 0.227 e. The molecule has 1 rings (SSSR count). The Morgan fingerprint density at radius 2 is 2.27 bits per heavy atom. The first-order valence-corrected chi connectivity index (χ1v) is 5.70. The summed E-state index contributed by atoms with van der Waals surface area (Å²) in [5.74, 6) is 0.843. The molecule has 1 fully saturated rings. The summed E-state index contributed by atoms with van der Waals surface area (Å²) < 4.78 is 5.23. The van der Waals surface area contributed by atoms with Crippen LogP contribution in [-0.2, 0) is 9.53 Å². The highest BCUT2D eigenvalue weighted by Gasteiger charge is 2.31. The molecule has 0 bridgehead atoms. The van der Waals surface area contributed by atoms with E-state index in [1.807, 2.05) is 14.0 Å². The highest BCUT2D eigenvalue weighted by atomic mass is 16.5. The van der Waals surface area contributed by atoms with Gasteiger partial charge < -0.3 is 15.0 Å². The van der Waals surface area contributed by atoms with Gasteiger partial charge in [-0.1, -0.05) is 6.92 Å². The van der Waals surface area contributed by atoms with Gasteiger partial charge >= 0.3 is 0 Å². The average Bonchev–Trinajstić information content (AvgIpc) is 2.63. The van der Waals surface area contributed by atoms with Gasteiger partial charge in [-0.2, -0.15) is 0 Å². The first kappa shape index (κ1) is 12.5. The van der Waals surface area contributed by atoms with Gasteiger partial charge in [-0.3, -0.25) is 4.79 Å². The van der Waals surface area contributed by atoms with E-state index in [9.17, 15) is 4.79 Å². The number of ether oxygens (including phenoxy) is 1. The van der Waals surface area contributed by atoms with E-state index < -0.39 is 0 Å². The van der Waals surface area contributed by atoms with Gasteiger partial charge in [0.1, 0.15) is 0 Å². The van der Waals surface area contributed by atoms with E-state index in [0.717, 1.165) is 13.1 Å². The van der Waals surface area contributed by atoms with Crippen molar-refractivity contribution in [3.63, 3.8) is 0 Å². The van der Waals surface area contributed by atoms with Crippen molar-refractivity contribution in [3.8, 4) is 0 Å². The molecule has 1 amide bonds. The first-order valence-electron chi connectivity index (χ1n) is 5.70. The lowest BCUT2D eigenvalue weighted by molar-refractivity contribution is -0.135. The van der Waals surface area contributed by atoms with Crippen LogP contribution in [0.3, 0.4) is 0 Å². The Morgan fingerprint density at radius 3 is 2.80 bits per heavy atom. The zero-order valence-corrected chi connectivity index (χ0v) is 9.95. The molecule has 0 unspecified atom stereocenters. The fourth-order valence-corrected chi connectivity index (χ4v) is 1.88. The molecule has 1 saturated heterocycles. The summed E-state index contributed by atoms with van der Waals surface area (Å²) in [7, 11) is 1.85. The lowest BCUT2D eigenvalue weighted by atomic mass is 9.97. The Morgan fingerprint density at radius 1 is 1.53 bits per heavy atom. The lowest BCUT2D eigenvalue weighted by Gasteiger charge is -2.22. The Hall–Kier alpha value is -0.610. The number of hydrogen-bond donors (Lipinski definition) is 1. The molecule has 0 aromatic carbocycles. The van der Waals surface area contributed by atoms with Gasteiger partial charge in [0.25, 0.3) is 0 Å². The van der Waals surface area contributed by atoms with Crippen molar-refractivity contribution in [2.24, 2.45) is 11.8 Å². The van der Waals surface area contributed by atoms with Crippen LogP contribution >= 0.6 is 0 Å². The number of nitrogens with one attached hydrogen (secondary N) is 1. The molecule has 4 heteroatoms. The molecular weight excluding hydrogens is 192 g/mol. The van der Waals surface area contributed by atoms with E-state index in [2.05, 4.69) is 12.2 Å². The largest absolute Gasteiger partial charge is 0.380 e. The summed E-state index contributed by atoms with van der Waals surface area (Å²) >= 11 is 0. The van der Waals surface area contributed by atoms with Crippen molar-refractivity contribution >= 4 is 5.91 Å². The van der Waals surface area contributed by atoms with Crippen LogP contribution in [0.1, 0.15) is 13.8 Å². The molecule has 15 heavy (non-hydrogen) atoms. The maximum Gasteiger partial charge on any atom is 0.227 e. The van der Waals surface area contributed by atoms with Crippen LogP contribution in [0.25, 0.3) is 0 Å². The van der Waals surface area contributed by atoms with Crippen molar-refractivity contribution in [2.45, 2.75) is 13.8 Å². The van der Waals surface area contributed by atoms with Crippen LogP contribution in [0.2, 0.25) is 0 Å². The van der Waals surface area contributed by atoms with Crippen molar-refractivity contribution in [3.05, 3.63) is 0 Å². The second-order valence-electron chi connectivity index (χ2n) is 4.20. The van der Waals surface area contributed by atoms with E-state index in [0.29, 0.717) is 25.7 Å². The molecule has 0 aliphatic carbocycles. The van der Waals surface area contributed by atoms with Crippen LogP contribution < -0.4 is 5.32 Å². The minimum absolute atomic E-state index is 0.150. The third-order valence-electron chi connectivity index (χ3n) is 2.99. The Balaban J connectivity index is 2.31. The SMILES string of the molecule is CCOCCN(C)C(=O)[C@@H]1CNC[C@H]1C. The van der Waals surface area contributed by atoms with Gasteiger partial charge in [0.15, 0.2) is 0 Å². The molecule has 0 saturated carbocycles. The first-order chi connectivity index (χ1) is 7.16. The monoisotopic (exact) mass is 214 g/mol. The standard InChI is InChI=1S/C11H22N2O2/c1-4-15-6-5-13(3)11(14)10-8-12-7-9(10)2/h9-10,12H,4-8H2,1-3H3/t9-,10-/m1/s1. The molecule has 1 aliphatic heterocycles. The summed E-state index contributed by atoms with van der Waals surface area (Å²) in [4.78, 5) is 13.8. The summed E-state index contributed by atoms with van der Waals surface area (Å²) in [5, 5.41) is 3.25. The molecule has 0 aromatic rings. The average molecular weight is 214 g/mol. The minimum Gasteiger partial charge on any atom is -0.380 e. The molecule has 0 spiro atoms. The fraction of sp³-hybridized carbons (Fsp3) is 0.909. The van der Waals surface area contributed by atoms with Gasteiger partial charge in [-0.15, -0.1) is 0 Å². The molecule has 1 aliphatic rings. The lowest BCUT2D eigenvalue weighted by Crippen LogP contribution is -2.38. The Kier molecular flexibility index (Phi) is 5.05. The summed E-state index contributed by atoms with van der Waals surface area (Å²) in [5.41, 5.74) is 0. The van der Waals surface area contributed by atoms with Crippen molar-refractivity contribution in [1.82, 2.24) is 10.2 Å². The second kappa shape index (κ2) is 6.08. The van der Waals surface area contributed by atoms with Crippen molar-refractivity contribution in [1.29, 1.82) is 0 Å². The van der Waals surface area contributed by atoms with Gasteiger partial charge in [0, 0.05) is 26.7 Å². The zero-order chi connectivity index (χ0) is 11.3. The summed E-state index contributed by atoms with van der Waals surface area (Å²) in [6.45, 7) is 7.89. The molecule has 1 N–H and O–H groups in total. The number of hydrogen-bond acceptors (Lipinski definition) is 3. The van der Waals surface area contributed by atoms with Crippen LogP contribution in [0, 0.1) is 11.8 Å². The predicted molar refractivity (Wildman–Crippen MR) is 59.7 cm³/mol. The number of carbonyl (C=O) groups is 1. The molecule has 0 aromatic heterocycles. The molecule has 88 valence electrons. The third-order valence-corrected chi connectivity index (χ3v) is 2.99. The zero-order valence-electron chi connectivity index (χ0n) is 9.95.